The molecule has 3 aromatic rings. The molecule has 5 nitrogen and oxygen atoms in total. The van der Waals surface area contributed by atoms with Crippen LogP contribution in [0.2, 0.25) is 0 Å². The molecule has 0 aliphatic rings. The summed E-state index contributed by atoms with van der Waals surface area (Å²) in [5.41, 5.74) is -0.00815. The molecule has 0 spiro atoms. The molecule has 9 heteroatoms. The summed E-state index contributed by atoms with van der Waals surface area (Å²) in [5.74, 6) is -0.406. The fourth-order valence-corrected chi connectivity index (χ4v) is 2.71. The second-order valence-corrected chi connectivity index (χ2v) is 5.90. The number of hydrogen-bond acceptors (Lipinski definition) is 5. The Hall–Kier alpha value is -3.25. The first-order valence-electron chi connectivity index (χ1n) is 7.19. The minimum Gasteiger partial charge on any atom is -0.297 e. The maximum atomic E-state index is 12.8. The van der Waals surface area contributed by atoms with Crippen LogP contribution in [0.3, 0.4) is 0 Å². The number of hydrogen-bond donors (Lipinski definition) is 1. The van der Waals surface area contributed by atoms with E-state index in [0.29, 0.717) is 5.56 Å². The van der Waals surface area contributed by atoms with Crippen LogP contribution in [0.25, 0.3) is 11.4 Å². The number of nitrogens with zero attached hydrogens (tertiary/aromatic N) is 3. The molecule has 26 heavy (non-hydrogen) atoms. The van der Waals surface area contributed by atoms with Crippen molar-refractivity contribution in [2.75, 3.05) is 5.32 Å². The zero-order chi connectivity index (χ0) is 18.7. The molecule has 3 rings (SSSR count). The van der Waals surface area contributed by atoms with Gasteiger partial charge < -0.3 is 0 Å². The van der Waals surface area contributed by atoms with Gasteiger partial charge in [-0.2, -0.15) is 27.8 Å². The lowest BCUT2D eigenvalue weighted by Crippen LogP contribution is -2.11. The number of carbonyl (C=O) groups is 1. The third-order valence-electron chi connectivity index (χ3n) is 3.35. The van der Waals surface area contributed by atoms with Crippen LogP contribution in [-0.4, -0.2) is 15.3 Å². The highest BCUT2D eigenvalue weighted by Crippen LogP contribution is 2.32. The highest BCUT2D eigenvalue weighted by Gasteiger charge is 2.30. The normalized spacial score (nSPS) is 11.0. The SMILES string of the molecule is N#Cc1cccc(C(=O)Nc2nc(-c3cccc(C(F)(F)F)c3)ns2)c1. The largest absolute Gasteiger partial charge is 0.416 e. The quantitative estimate of drug-likeness (QED) is 0.739. The maximum Gasteiger partial charge on any atom is 0.416 e. The van der Waals surface area contributed by atoms with Gasteiger partial charge in [-0.3, -0.25) is 10.1 Å². The Labute approximate surface area is 149 Å². The van der Waals surface area contributed by atoms with Crippen molar-refractivity contribution in [1.29, 1.82) is 5.26 Å². The topological polar surface area (TPSA) is 78.7 Å². The minimum absolute atomic E-state index is 0.0853. The number of aromatic nitrogens is 2. The summed E-state index contributed by atoms with van der Waals surface area (Å²) in [6.45, 7) is 0. The highest BCUT2D eigenvalue weighted by molar-refractivity contribution is 7.10. The van der Waals surface area contributed by atoms with E-state index in [1.54, 1.807) is 12.1 Å². The molecule has 0 aliphatic carbocycles. The van der Waals surface area contributed by atoms with Gasteiger partial charge in [-0.15, -0.1) is 0 Å². The number of halogens is 3. The van der Waals surface area contributed by atoms with E-state index in [1.807, 2.05) is 6.07 Å². The molecular weight excluding hydrogens is 365 g/mol. The number of alkyl halides is 3. The van der Waals surface area contributed by atoms with Crippen LogP contribution in [-0.2, 0) is 6.18 Å². The summed E-state index contributed by atoms with van der Waals surface area (Å²) in [5, 5.41) is 11.5. The lowest BCUT2D eigenvalue weighted by molar-refractivity contribution is -0.137. The number of benzene rings is 2. The first-order valence-corrected chi connectivity index (χ1v) is 7.97. The Morgan fingerprint density at radius 1 is 1.15 bits per heavy atom. The van der Waals surface area contributed by atoms with Crippen LogP contribution >= 0.6 is 11.5 Å². The van der Waals surface area contributed by atoms with Gasteiger partial charge in [-0.1, -0.05) is 18.2 Å². The van der Waals surface area contributed by atoms with Crippen LogP contribution in [0.15, 0.2) is 48.5 Å². The Morgan fingerprint density at radius 2 is 1.92 bits per heavy atom. The molecule has 1 heterocycles. The highest BCUT2D eigenvalue weighted by atomic mass is 32.1. The molecule has 1 N–H and O–H groups in total. The molecule has 0 aliphatic heterocycles. The number of nitriles is 1. The molecule has 0 fully saturated rings. The molecular formula is C17H9F3N4OS. The average Bonchev–Trinajstić information content (AvgIpc) is 3.09. The minimum atomic E-state index is -4.46. The Balaban J connectivity index is 1.80. The summed E-state index contributed by atoms with van der Waals surface area (Å²) < 4.78 is 42.4. The van der Waals surface area contributed by atoms with Crippen molar-refractivity contribution in [1.82, 2.24) is 9.36 Å². The fraction of sp³-hybridized carbons (Fsp3) is 0.0588. The zero-order valence-electron chi connectivity index (χ0n) is 12.9. The predicted octanol–water partition coefficient (Wildman–Crippen LogP) is 4.35. The summed E-state index contributed by atoms with van der Waals surface area (Å²) in [6.07, 6.45) is -4.46. The Kier molecular flexibility index (Phi) is 4.69. The number of nitrogens with one attached hydrogen (secondary N) is 1. The van der Waals surface area contributed by atoms with Gasteiger partial charge >= 0.3 is 6.18 Å². The van der Waals surface area contributed by atoms with Gasteiger partial charge in [0.25, 0.3) is 5.91 Å². The summed E-state index contributed by atoms with van der Waals surface area (Å²) >= 11 is 0.851. The summed E-state index contributed by atoms with van der Waals surface area (Å²) in [6, 6.07) is 12.7. The van der Waals surface area contributed by atoms with Gasteiger partial charge in [-0.05, 0) is 30.3 Å². The van der Waals surface area contributed by atoms with Crippen molar-refractivity contribution in [2.24, 2.45) is 0 Å². The van der Waals surface area contributed by atoms with E-state index in [0.717, 1.165) is 23.7 Å². The molecule has 0 saturated carbocycles. The van der Waals surface area contributed by atoms with Crippen LogP contribution in [0, 0.1) is 11.3 Å². The molecule has 0 unspecified atom stereocenters. The molecule has 2 aromatic carbocycles. The number of anilines is 1. The maximum absolute atomic E-state index is 12.8. The first-order chi connectivity index (χ1) is 12.4. The number of carbonyl (C=O) groups excluding carboxylic acids is 1. The van der Waals surface area contributed by atoms with E-state index in [-0.39, 0.29) is 22.1 Å². The summed E-state index contributed by atoms with van der Waals surface area (Å²) in [7, 11) is 0. The van der Waals surface area contributed by atoms with Crippen LogP contribution in [0.5, 0.6) is 0 Å². The van der Waals surface area contributed by atoms with Gasteiger partial charge in [0.05, 0.1) is 17.2 Å². The third-order valence-corrected chi connectivity index (χ3v) is 3.98. The predicted molar refractivity (Wildman–Crippen MR) is 89.5 cm³/mol. The second kappa shape index (κ2) is 6.93. The van der Waals surface area contributed by atoms with Crippen molar-refractivity contribution in [2.45, 2.75) is 6.18 Å². The fourth-order valence-electron chi connectivity index (χ4n) is 2.13. The van der Waals surface area contributed by atoms with Crippen molar-refractivity contribution in [3.63, 3.8) is 0 Å². The van der Waals surface area contributed by atoms with E-state index >= 15 is 0 Å². The first kappa shape index (κ1) is 17.6. The van der Waals surface area contributed by atoms with Crippen molar-refractivity contribution < 1.29 is 18.0 Å². The molecule has 0 atom stereocenters. The van der Waals surface area contributed by atoms with E-state index in [4.69, 9.17) is 5.26 Å². The average molecular weight is 374 g/mol. The summed E-state index contributed by atoms with van der Waals surface area (Å²) in [4.78, 5) is 16.2. The lowest BCUT2D eigenvalue weighted by Gasteiger charge is -2.06. The molecule has 0 bridgehead atoms. The van der Waals surface area contributed by atoms with E-state index in [2.05, 4.69) is 14.7 Å². The molecule has 1 amide bonds. The van der Waals surface area contributed by atoms with Crippen molar-refractivity contribution in [3.8, 4) is 17.5 Å². The molecule has 1 aromatic heterocycles. The molecule has 0 radical (unpaired) electrons. The number of rotatable bonds is 3. The zero-order valence-corrected chi connectivity index (χ0v) is 13.7. The van der Waals surface area contributed by atoms with Gasteiger partial charge in [0.15, 0.2) is 5.82 Å². The number of amides is 1. The van der Waals surface area contributed by atoms with Gasteiger partial charge in [0, 0.05) is 22.7 Å². The monoisotopic (exact) mass is 374 g/mol. The van der Waals surface area contributed by atoms with Crippen LogP contribution in [0.4, 0.5) is 18.3 Å². The smallest absolute Gasteiger partial charge is 0.297 e. The van der Waals surface area contributed by atoms with Gasteiger partial charge in [0.2, 0.25) is 5.13 Å². The standard InChI is InChI=1S/C17H9F3N4OS/c18-17(19,20)13-6-2-4-11(8-13)14-22-16(26-24-14)23-15(25)12-5-1-3-10(7-12)9-21/h1-8H,(H,22,23,24,25). The van der Waals surface area contributed by atoms with Crippen LogP contribution in [0.1, 0.15) is 21.5 Å². The molecule has 0 saturated heterocycles. The second-order valence-electron chi connectivity index (χ2n) is 5.15. The van der Waals surface area contributed by atoms with Gasteiger partial charge in [0.1, 0.15) is 0 Å². The van der Waals surface area contributed by atoms with E-state index < -0.39 is 17.6 Å². The van der Waals surface area contributed by atoms with Crippen molar-refractivity contribution >= 4 is 22.6 Å². The lowest BCUT2D eigenvalue weighted by atomic mass is 10.1. The van der Waals surface area contributed by atoms with E-state index in [1.165, 1.54) is 24.3 Å². The van der Waals surface area contributed by atoms with Crippen molar-refractivity contribution in [3.05, 3.63) is 65.2 Å². The Bertz CT molecular complexity index is 1010. The van der Waals surface area contributed by atoms with Crippen LogP contribution < -0.4 is 5.32 Å². The van der Waals surface area contributed by atoms with E-state index in [9.17, 15) is 18.0 Å². The Morgan fingerprint density at radius 3 is 2.65 bits per heavy atom. The van der Waals surface area contributed by atoms with Gasteiger partial charge in [-0.25, -0.2) is 0 Å². The third kappa shape index (κ3) is 3.87. The molecule has 130 valence electrons.